The summed E-state index contributed by atoms with van der Waals surface area (Å²) in [5.74, 6) is 0.179. The molecule has 1 aromatic carbocycles. The zero-order valence-electron chi connectivity index (χ0n) is 8.53. The maximum Gasteiger partial charge on any atom is 0.316 e. The predicted molar refractivity (Wildman–Crippen MR) is 63.4 cm³/mol. The smallest absolute Gasteiger partial charge is 0.316 e. The molecule has 0 N–H and O–H groups in total. The Kier molecular flexibility index (Phi) is 5.58. The summed E-state index contributed by atoms with van der Waals surface area (Å²) in [4.78, 5) is 12.2. The third-order valence-corrected chi connectivity index (χ3v) is 2.88. The molecule has 0 aliphatic carbocycles. The summed E-state index contributed by atoms with van der Waals surface area (Å²) in [7, 11) is 0. The quantitative estimate of drug-likeness (QED) is 0.587. The average molecular weight is 245 g/mol. The standard InChI is InChI=1S/C11H13ClO2S/c1-2-7-14-11(13)8-15-10-5-3-9(12)4-6-10/h3-6H,2,7-8H2,1H3. The molecule has 0 saturated heterocycles. The van der Waals surface area contributed by atoms with Crippen LogP contribution >= 0.6 is 23.4 Å². The first-order chi connectivity index (χ1) is 7.22. The molecule has 1 rings (SSSR count). The zero-order valence-corrected chi connectivity index (χ0v) is 10.1. The maximum absolute atomic E-state index is 11.2. The summed E-state index contributed by atoms with van der Waals surface area (Å²) in [5.41, 5.74) is 0. The normalized spacial score (nSPS) is 10.0. The highest BCUT2D eigenvalue weighted by Gasteiger charge is 2.03. The van der Waals surface area contributed by atoms with Gasteiger partial charge in [0.1, 0.15) is 0 Å². The SMILES string of the molecule is CCCOC(=O)CSc1ccc(Cl)cc1. The molecule has 0 radical (unpaired) electrons. The van der Waals surface area contributed by atoms with Gasteiger partial charge < -0.3 is 4.74 Å². The van der Waals surface area contributed by atoms with E-state index in [1.165, 1.54) is 11.8 Å². The molecule has 1 aromatic rings. The lowest BCUT2D eigenvalue weighted by molar-refractivity contribution is -0.140. The van der Waals surface area contributed by atoms with E-state index in [0.29, 0.717) is 17.4 Å². The van der Waals surface area contributed by atoms with Gasteiger partial charge in [-0.2, -0.15) is 0 Å². The maximum atomic E-state index is 11.2. The van der Waals surface area contributed by atoms with Crippen LogP contribution in [0.3, 0.4) is 0 Å². The number of benzene rings is 1. The van der Waals surface area contributed by atoms with E-state index in [0.717, 1.165) is 11.3 Å². The first-order valence-electron chi connectivity index (χ1n) is 4.76. The van der Waals surface area contributed by atoms with E-state index in [1.807, 2.05) is 19.1 Å². The molecule has 0 spiro atoms. The van der Waals surface area contributed by atoms with Crippen LogP contribution in [-0.2, 0) is 9.53 Å². The topological polar surface area (TPSA) is 26.3 Å². The average Bonchev–Trinajstić information content (AvgIpc) is 2.25. The van der Waals surface area contributed by atoms with Crippen molar-refractivity contribution in [1.82, 2.24) is 0 Å². The molecular formula is C11H13ClO2S. The van der Waals surface area contributed by atoms with Gasteiger partial charge in [0.15, 0.2) is 0 Å². The Morgan fingerprint density at radius 2 is 2.07 bits per heavy atom. The van der Waals surface area contributed by atoms with Crippen LogP contribution in [0.4, 0.5) is 0 Å². The Labute approximate surface area is 99.0 Å². The molecule has 0 aliphatic heterocycles. The predicted octanol–water partition coefficient (Wildman–Crippen LogP) is 3.39. The molecule has 0 saturated carbocycles. The summed E-state index contributed by atoms with van der Waals surface area (Å²) in [6.07, 6.45) is 0.858. The van der Waals surface area contributed by atoms with Gasteiger partial charge in [-0.05, 0) is 30.7 Å². The van der Waals surface area contributed by atoms with E-state index >= 15 is 0 Å². The molecule has 0 aromatic heterocycles. The highest BCUT2D eigenvalue weighted by molar-refractivity contribution is 8.00. The van der Waals surface area contributed by atoms with Crippen molar-refractivity contribution >= 4 is 29.3 Å². The Morgan fingerprint density at radius 3 is 2.67 bits per heavy atom. The molecule has 2 nitrogen and oxygen atoms in total. The van der Waals surface area contributed by atoms with E-state index in [-0.39, 0.29) is 5.97 Å². The Balaban J connectivity index is 2.30. The lowest BCUT2D eigenvalue weighted by Gasteiger charge is -2.02. The van der Waals surface area contributed by atoms with Gasteiger partial charge in [0.05, 0.1) is 12.4 Å². The van der Waals surface area contributed by atoms with Crippen molar-refractivity contribution in [2.75, 3.05) is 12.4 Å². The van der Waals surface area contributed by atoms with E-state index in [4.69, 9.17) is 16.3 Å². The summed E-state index contributed by atoms with van der Waals surface area (Å²) in [6, 6.07) is 7.39. The molecule has 4 heteroatoms. The second-order valence-electron chi connectivity index (χ2n) is 2.96. The Bertz CT molecular complexity index is 311. The van der Waals surface area contributed by atoms with Crippen molar-refractivity contribution in [2.45, 2.75) is 18.2 Å². The van der Waals surface area contributed by atoms with Gasteiger partial charge in [-0.1, -0.05) is 18.5 Å². The van der Waals surface area contributed by atoms with Gasteiger partial charge in [-0.25, -0.2) is 0 Å². The van der Waals surface area contributed by atoms with Crippen LogP contribution in [0.25, 0.3) is 0 Å². The summed E-state index contributed by atoms with van der Waals surface area (Å²) in [5, 5.41) is 0.702. The van der Waals surface area contributed by atoms with Gasteiger partial charge in [-0.3, -0.25) is 4.79 Å². The second-order valence-corrected chi connectivity index (χ2v) is 4.45. The van der Waals surface area contributed by atoms with Crippen LogP contribution < -0.4 is 0 Å². The monoisotopic (exact) mass is 244 g/mol. The van der Waals surface area contributed by atoms with Crippen molar-refractivity contribution in [1.29, 1.82) is 0 Å². The van der Waals surface area contributed by atoms with Gasteiger partial charge in [0.2, 0.25) is 0 Å². The van der Waals surface area contributed by atoms with Crippen LogP contribution in [0.15, 0.2) is 29.2 Å². The van der Waals surface area contributed by atoms with Gasteiger partial charge in [-0.15, -0.1) is 11.8 Å². The van der Waals surface area contributed by atoms with Crippen molar-refractivity contribution in [3.63, 3.8) is 0 Å². The molecule has 0 unspecified atom stereocenters. The van der Waals surface area contributed by atoms with Gasteiger partial charge in [0, 0.05) is 9.92 Å². The lowest BCUT2D eigenvalue weighted by Crippen LogP contribution is -2.07. The summed E-state index contributed by atoms with van der Waals surface area (Å²) < 4.78 is 4.95. The van der Waals surface area contributed by atoms with Crippen LogP contribution in [0, 0.1) is 0 Å². The number of rotatable bonds is 5. The van der Waals surface area contributed by atoms with Crippen LogP contribution in [-0.4, -0.2) is 18.3 Å². The number of halogens is 1. The fourth-order valence-electron chi connectivity index (χ4n) is 0.931. The first kappa shape index (κ1) is 12.4. The third-order valence-electron chi connectivity index (χ3n) is 1.64. The lowest BCUT2D eigenvalue weighted by atomic mass is 10.4. The highest BCUT2D eigenvalue weighted by atomic mass is 35.5. The number of hydrogen-bond donors (Lipinski definition) is 0. The van der Waals surface area contributed by atoms with E-state index in [2.05, 4.69) is 0 Å². The van der Waals surface area contributed by atoms with E-state index in [1.54, 1.807) is 12.1 Å². The number of ether oxygens (including phenoxy) is 1. The van der Waals surface area contributed by atoms with Crippen molar-refractivity contribution in [3.05, 3.63) is 29.3 Å². The van der Waals surface area contributed by atoms with Crippen LogP contribution in [0.2, 0.25) is 5.02 Å². The fraction of sp³-hybridized carbons (Fsp3) is 0.364. The van der Waals surface area contributed by atoms with Gasteiger partial charge in [0.25, 0.3) is 0 Å². The van der Waals surface area contributed by atoms with Crippen molar-refractivity contribution < 1.29 is 9.53 Å². The van der Waals surface area contributed by atoms with Gasteiger partial charge >= 0.3 is 5.97 Å². The molecule has 0 aliphatic rings. The molecule has 0 fully saturated rings. The minimum absolute atomic E-state index is 0.170. The summed E-state index contributed by atoms with van der Waals surface area (Å²) >= 11 is 7.20. The molecular weight excluding hydrogens is 232 g/mol. The third kappa shape index (κ3) is 5.09. The Hall–Kier alpha value is -0.670. The van der Waals surface area contributed by atoms with E-state index < -0.39 is 0 Å². The number of thioether (sulfide) groups is 1. The molecule has 0 heterocycles. The minimum Gasteiger partial charge on any atom is -0.465 e. The zero-order chi connectivity index (χ0) is 11.1. The van der Waals surface area contributed by atoms with Crippen molar-refractivity contribution in [2.24, 2.45) is 0 Å². The molecule has 0 atom stereocenters. The van der Waals surface area contributed by atoms with Crippen LogP contribution in [0.1, 0.15) is 13.3 Å². The molecule has 82 valence electrons. The number of carbonyl (C=O) groups excluding carboxylic acids is 1. The summed E-state index contributed by atoms with van der Waals surface area (Å²) in [6.45, 7) is 2.47. The minimum atomic E-state index is -0.170. The number of hydrogen-bond acceptors (Lipinski definition) is 3. The number of esters is 1. The highest BCUT2D eigenvalue weighted by Crippen LogP contribution is 2.20. The number of carbonyl (C=O) groups is 1. The fourth-order valence-corrected chi connectivity index (χ4v) is 1.75. The van der Waals surface area contributed by atoms with Crippen LogP contribution in [0.5, 0.6) is 0 Å². The van der Waals surface area contributed by atoms with E-state index in [9.17, 15) is 4.79 Å². The molecule has 15 heavy (non-hydrogen) atoms. The molecule has 0 bridgehead atoms. The largest absolute Gasteiger partial charge is 0.465 e. The van der Waals surface area contributed by atoms with Crippen molar-refractivity contribution in [3.8, 4) is 0 Å². The first-order valence-corrected chi connectivity index (χ1v) is 6.12. The second kappa shape index (κ2) is 6.75. The molecule has 0 amide bonds. The Morgan fingerprint density at radius 1 is 1.40 bits per heavy atom.